The van der Waals surface area contributed by atoms with Crippen molar-refractivity contribution in [2.45, 2.75) is 13.5 Å². The minimum atomic E-state index is -0.0718. The molecule has 1 aromatic carbocycles. The Morgan fingerprint density at radius 3 is 2.87 bits per heavy atom. The van der Waals surface area contributed by atoms with E-state index < -0.39 is 0 Å². The summed E-state index contributed by atoms with van der Waals surface area (Å²) < 4.78 is 0. The van der Waals surface area contributed by atoms with Crippen molar-refractivity contribution in [1.29, 1.82) is 0 Å². The first-order valence-electron chi connectivity index (χ1n) is 4.87. The van der Waals surface area contributed by atoms with Crippen LogP contribution >= 0.6 is 11.6 Å². The molecule has 0 fully saturated rings. The fourth-order valence-electron chi connectivity index (χ4n) is 1.27. The number of halogens is 1. The highest BCUT2D eigenvalue weighted by Gasteiger charge is 2.07. The molecule has 0 heterocycles. The summed E-state index contributed by atoms with van der Waals surface area (Å²) in [5, 5.41) is 3.43. The average Bonchev–Trinajstić information content (AvgIpc) is 2.18. The van der Waals surface area contributed by atoms with E-state index in [4.69, 9.17) is 11.6 Å². The van der Waals surface area contributed by atoms with Gasteiger partial charge < -0.3 is 10.2 Å². The van der Waals surface area contributed by atoms with Gasteiger partial charge in [-0.25, -0.2) is 4.79 Å². The number of hydrogen-bond acceptors (Lipinski definition) is 1. The number of carbonyl (C=O) groups is 1. The maximum absolute atomic E-state index is 11.4. The zero-order chi connectivity index (χ0) is 11.3. The molecule has 0 aliphatic carbocycles. The highest BCUT2D eigenvalue weighted by Crippen LogP contribution is 2.11. The van der Waals surface area contributed by atoms with E-state index in [0.29, 0.717) is 18.1 Å². The van der Waals surface area contributed by atoms with Gasteiger partial charge in [0.1, 0.15) is 0 Å². The molecule has 0 saturated carbocycles. The number of rotatable bonds is 3. The van der Waals surface area contributed by atoms with Crippen LogP contribution in [0, 0.1) is 0 Å². The number of urea groups is 1. The number of benzene rings is 1. The van der Waals surface area contributed by atoms with Crippen LogP contribution in [-0.4, -0.2) is 24.5 Å². The van der Waals surface area contributed by atoms with Crippen LogP contribution in [0.2, 0.25) is 5.02 Å². The van der Waals surface area contributed by atoms with Gasteiger partial charge >= 0.3 is 6.03 Å². The third kappa shape index (κ3) is 3.80. The van der Waals surface area contributed by atoms with E-state index in [1.807, 2.05) is 31.2 Å². The summed E-state index contributed by atoms with van der Waals surface area (Å²) in [5.74, 6) is 0. The first-order chi connectivity index (χ1) is 7.13. The average molecular weight is 227 g/mol. The summed E-state index contributed by atoms with van der Waals surface area (Å²) in [6.45, 7) is 3.09. The summed E-state index contributed by atoms with van der Waals surface area (Å²) in [6, 6.07) is 7.43. The minimum absolute atomic E-state index is 0.0718. The first-order valence-corrected chi connectivity index (χ1v) is 5.24. The molecule has 0 radical (unpaired) electrons. The Balaban J connectivity index is 2.58. The maximum Gasteiger partial charge on any atom is 0.317 e. The van der Waals surface area contributed by atoms with E-state index in [0.717, 1.165) is 5.56 Å². The zero-order valence-electron chi connectivity index (χ0n) is 8.96. The Morgan fingerprint density at radius 2 is 2.27 bits per heavy atom. The van der Waals surface area contributed by atoms with Gasteiger partial charge in [0, 0.05) is 25.2 Å². The monoisotopic (exact) mass is 226 g/mol. The van der Waals surface area contributed by atoms with Crippen LogP contribution < -0.4 is 5.32 Å². The van der Waals surface area contributed by atoms with Gasteiger partial charge in [-0.3, -0.25) is 0 Å². The van der Waals surface area contributed by atoms with Crippen LogP contribution in [0.15, 0.2) is 24.3 Å². The van der Waals surface area contributed by atoms with Gasteiger partial charge in [-0.05, 0) is 24.6 Å². The number of nitrogens with one attached hydrogen (secondary N) is 1. The number of carbonyl (C=O) groups excluding carboxylic acids is 1. The van der Waals surface area contributed by atoms with Gasteiger partial charge in [-0.1, -0.05) is 23.7 Å². The van der Waals surface area contributed by atoms with Gasteiger partial charge in [0.05, 0.1) is 0 Å². The van der Waals surface area contributed by atoms with Crippen LogP contribution in [0.25, 0.3) is 0 Å². The van der Waals surface area contributed by atoms with Crippen molar-refractivity contribution in [2.75, 3.05) is 13.6 Å². The number of amides is 2. The van der Waals surface area contributed by atoms with Crippen molar-refractivity contribution in [3.63, 3.8) is 0 Å². The Kier molecular flexibility index (Phi) is 4.43. The molecule has 1 N–H and O–H groups in total. The standard InChI is InChI=1S/C11H15ClN2O/c1-3-13-11(15)14(2)8-9-5-4-6-10(12)7-9/h4-7H,3,8H2,1-2H3,(H,13,15). The quantitative estimate of drug-likeness (QED) is 0.844. The summed E-state index contributed by atoms with van der Waals surface area (Å²) in [4.78, 5) is 13.0. The third-order valence-electron chi connectivity index (χ3n) is 1.98. The summed E-state index contributed by atoms with van der Waals surface area (Å²) >= 11 is 5.85. The minimum Gasteiger partial charge on any atom is -0.338 e. The van der Waals surface area contributed by atoms with Gasteiger partial charge in [0.15, 0.2) is 0 Å². The molecule has 15 heavy (non-hydrogen) atoms. The lowest BCUT2D eigenvalue weighted by molar-refractivity contribution is 0.207. The maximum atomic E-state index is 11.4. The SMILES string of the molecule is CCNC(=O)N(C)Cc1cccc(Cl)c1. The molecule has 0 aliphatic heterocycles. The van der Waals surface area contributed by atoms with E-state index in [1.165, 1.54) is 0 Å². The lowest BCUT2D eigenvalue weighted by atomic mass is 10.2. The number of nitrogens with zero attached hydrogens (tertiary/aromatic N) is 1. The first kappa shape index (κ1) is 11.9. The molecule has 0 saturated heterocycles. The normalized spacial score (nSPS) is 9.80. The third-order valence-corrected chi connectivity index (χ3v) is 2.22. The highest BCUT2D eigenvalue weighted by atomic mass is 35.5. The molecule has 1 aromatic rings. The molecule has 4 heteroatoms. The second kappa shape index (κ2) is 5.61. The Bertz CT molecular complexity index is 341. The van der Waals surface area contributed by atoms with Crippen molar-refractivity contribution >= 4 is 17.6 Å². The van der Waals surface area contributed by atoms with E-state index in [2.05, 4.69) is 5.32 Å². The second-order valence-corrected chi connectivity index (χ2v) is 3.76. The molecule has 0 aromatic heterocycles. The van der Waals surface area contributed by atoms with Crippen LogP contribution in [0.1, 0.15) is 12.5 Å². The highest BCUT2D eigenvalue weighted by molar-refractivity contribution is 6.30. The number of hydrogen-bond donors (Lipinski definition) is 1. The van der Waals surface area contributed by atoms with E-state index in [9.17, 15) is 4.79 Å². The molecular weight excluding hydrogens is 212 g/mol. The molecule has 0 unspecified atom stereocenters. The smallest absolute Gasteiger partial charge is 0.317 e. The topological polar surface area (TPSA) is 32.3 Å². The molecule has 3 nitrogen and oxygen atoms in total. The lowest BCUT2D eigenvalue weighted by Crippen LogP contribution is -2.36. The van der Waals surface area contributed by atoms with Gasteiger partial charge in [-0.15, -0.1) is 0 Å². The molecule has 0 aliphatic rings. The van der Waals surface area contributed by atoms with Crippen molar-refractivity contribution in [1.82, 2.24) is 10.2 Å². The van der Waals surface area contributed by atoms with E-state index in [1.54, 1.807) is 11.9 Å². The molecule has 0 spiro atoms. The Morgan fingerprint density at radius 1 is 1.53 bits per heavy atom. The summed E-state index contributed by atoms with van der Waals surface area (Å²) in [7, 11) is 1.76. The van der Waals surface area contributed by atoms with Gasteiger partial charge in [-0.2, -0.15) is 0 Å². The van der Waals surface area contributed by atoms with E-state index >= 15 is 0 Å². The Labute approximate surface area is 95.0 Å². The Hall–Kier alpha value is -1.22. The summed E-state index contributed by atoms with van der Waals surface area (Å²) in [6.07, 6.45) is 0. The van der Waals surface area contributed by atoms with Crippen molar-refractivity contribution in [3.8, 4) is 0 Å². The lowest BCUT2D eigenvalue weighted by Gasteiger charge is -2.17. The molecule has 82 valence electrons. The fourth-order valence-corrected chi connectivity index (χ4v) is 1.48. The van der Waals surface area contributed by atoms with Crippen LogP contribution in [0.3, 0.4) is 0 Å². The van der Waals surface area contributed by atoms with E-state index in [-0.39, 0.29) is 6.03 Å². The zero-order valence-corrected chi connectivity index (χ0v) is 9.71. The molecule has 2 amide bonds. The van der Waals surface area contributed by atoms with Crippen molar-refractivity contribution in [2.24, 2.45) is 0 Å². The van der Waals surface area contributed by atoms with Crippen molar-refractivity contribution in [3.05, 3.63) is 34.9 Å². The second-order valence-electron chi connectivity index (χ2n) is 3.32. The van der Waals surface area contributed by atoms with Crippen molar-refractivity contribution < 1.29 is 4.79 Å². The van der Waals surface area contributed by atoms with Crippen LogP contribution in [0.5, 0.6) is 0 Å². The van der Waals surface area contributed by atoms with Gasteiger partial charge in [0.25, 0.3) is 0 Å². The largest absolute Gasteiger partial charge is 0.338 e. The molecule has 0 bridgehead atoms. The van der Waals surface area contributed by atoms with Crippen LogP contribution in [-0.2, 0) is 6.54 Å². The molecular formula is C11H15ClN2O. The predicted molar refractivity (Wildman–Crippen MR) is 62.0 cm³/mol. The predicted octanol–water partition coefficient (Wildman–Crippen LogP) is 2.50. The fraction of sp³-hybridized carbons (Fsp3) is 0.364. The summed E-state index contributed by atoms with van der Waals surface area (Å²) in [5.41, 5.74) is 1.02. The molecule has 1 rings (SSSR count). The van der Waals surface area contributed by atoms with Crippen LogP contribution in [0.4, 0.5) is 4.79 Å². The molecule has 0 atom stereocenters. The van der Waals surface area contributed by atoms with Gasteiger partial charge in [0.2, 0.25) is 0 Å².